The Morgan fingerprint density at radius 2 is 1.85 bits per heavy atom. The van der Waals surface area contributed by atoms with Crippen molar-refractivity contribution in [1.29, 1.82) is 0 Å². The molecule has 0 amide bonds. The van der Waals surface area contributed by atoms with Gasteiger partial charge in [-0.3, -0.25) is 0 Å². The van der Waals surface area contributed by atoms with E-state index in [1.54, 1.807) is 0 Å². The number of ether oxygens (including phenoxy) is 1. The van der Waals surface area contributed by atoms with Gasteiger partial charge in [0.15, 0.2) is 0 Å². The molecule has 1 aromatic rings. The average molecular weight is 279 g/mol. The lowest BCUT2D eigenvalue weighted by Crippen LogP contribution is -2.32. The Bertz CT molecular complexity index is 340. The van der Waals surface area contributed by atoms with Crippen LogP contribution in [0.15, 0.2) is 30.3 Å². The van der Waals surface area contributed by atoms with Crippen molar-refractivity contribution in [3.05, 3.63) is 35.9 Å². The van der Waals surface area contributed by atoms with Gasteiger partial charge in [-0.1, -0.05) is 44.2 Å². The predicted octanol–water partition coefficient (Wildman–Crippen LogP) is 2.63. The zero-order chi connectivity index (χ0) is 14.8. The van der Waals surface area contributed by atoms with Gasteiger partial charge in [-0.05, 0) is 37.8 Å². The Morgan fingerprint density at radius 1 is 1.15 bits per heavy atom. The lowest BCUT2D eigenvalue weighted by atomic mass is 10.1. The van der Waals surface area contributed by atoms with Crippen LogP contribution in [0.1, 0.15) is 32.8 Å². The van der Waals surface area contributed by atoms with Gasteiger partial charge in [0.25, 0.3) is 0 Å². The Labute approximate surface area is 123 Å². The molecule has 0 bridgehead atoms. The Kier molecular flexibility index (Phi) is 8.51. The molecular formula is C17H29NO2. The molecule has 0 aromatic heterocycles. The van der Waals surface area contributed by atoms with Crippen LogP contribution < -0.4 is 5.32 Å². The maximum Gasteiger partial charge on any atom is 0.0897 e. The van der Waals surface area contributed by atoms with Gasteiger partial charge in [-0.2, -0.15) is 0 Å². The van der Waals surface area contributed by atoms with Crippen molar-refractivity contribution < 1.29 is 9.84 Å². The third-order valence-corrected chi connectivity index (χ3v) is 3.19. The molecule has 3 nitrogen and oxygen atoms in total. The topological polar surface area (TPSA) is 41.5 Å². The predicted molar refractivity (Wildman–Crippen MR) is 83.9 cm³/mol. The standard InChI is InChI=1S/C17H29NO2/c1-14(2)11-15(3)20-13-17(19)12-18-10-9-16-7-5-4-6-8-16/h4-8,14-15,17-19H,9-13H2,1-3H3. The molecule has 0 radical (unpaired) electrons. The Morgan fingerprint density at radius 3 is 2.50 bits per heavy atom. The molecule has 0 heterocycles. The monoisotopic (exact) mass is 279 g/mol. The fourth-order valence-electron chi connectivity index (χ4n) is 2.21. The van der Waals surface area contributed by atoms with Gasteiger partial charge >= 0.3 is 0 Å². The average Bonchev–Trinajstić information content (AvgIpc) is 2.42. The maximum absolute atomic E-state index is 9.84. The minimum absolute atomic E-state index is 0.217. The highest BCUT2D eigenvalue weighted by Gasteiger charge is 2.09. The van der Waals surface area contributed by atoms with E-state index >= 15 is 0 Å². The molecule has 1 aromatic carbocycles. The molecule has 20 heavy (non-hydrogen) atoms. The SMILES string of the molecule is CC(C)CC(C)OCC(O)CNCCc1ccccc1. The summed E-state index contributed by atoms with van der Waals surface area (Å²) in [6.07, 6.45) is 1.81. The molecule has 114 valence electrons. The van der Waals surface area contributed by atoms with Gasteiger partial charge in [-0.15, -0.1) is 0 Å². The summed E-state index contributed by atoms with van der Waals surface area (Å²) in [5.74, 6) is 0.631. The van der Waals surface area contributed by atoms with E-state index in [0.29, 0.717) is 19.1 Å². The summed E-state index contributed by atoms with van der Waals surface area (Å²) in [5, 5.41) is 13.1. The van der Waals surface area contributed by atoms with E-state index in [1.165, 1.54) is 5.56 Å². The second-order valence-corrected chi connectivity index (χ2v) is 5.87. The molecule has 1 rings (SSSR count). The van der Waals surface area contributed by atoms with Crippen LogP contribution in [-0.4, -0.2) is 37.0 Å². The highest BCUT2D eigenvalue weighted by molar-refractivity contribution is 5.14. The first kappa shape index (κ1) is 17.2. The van der Waals surface area contributed by atoms with Crippen LogP contribution in [0.5, 0.6) is 0 Å². The van der Waals surface area contributed by atoms with Crippen LogP contribution in [0.25, 0.3) is 0 Å². The van der Waals surface area contributed by atoms with Gasteiger partial charge < -0.3 is 15.2 Å². The number of rotatable bonds is 10. The zero-order valence-electron chi connectivity index (χ0n) is 13.0. The summed E-state index contributed by atoms with van der Waals surface area (Å²) < 4.78 is 5.64. The first-order valence-electron chi connectivity index (χ1n) is 7.62. The van der Waals surface area contributed by atoms with Crippen molar-refractivity contribution in [2.24, 2.45) is 5.92 Å². The number of nitrogens with one attached hydrogen (secondary N) is 1. The normalized spacial score (nSPS) is 14.4. The molecule has 0 spiro atoms. The maximum atomic E-state index is 9.84. The van der Waals surface area contributed by atoms with Crippen LogP contribution >= 0.6 is 0 Å². The van der Waals surface area contributed by atoms with E-state index in [1.807, 2.05) is 18.2 Å². The summed E-state index contributed by atoms with van der Waals surface area (Å²) in [7, 11) is 0. The molecule has 0 aliphatic rings. The van der Waals surface area contributed by atoms with Gasteiger partial charge in [0.1, 0.15) is 0 Å². The van der Waals surface area contributed by atoms with Crippen LogP contribution in [0.2, 0.25) is 0 Å². The number of benzene rings is 1. The molecule has 0 aliphatic heterocycles. The fraction of sp³-hybridized carbons (Fsp3) is 0.647. The van der Waals surface area contributed by atoms with E-state index in [9.17, 15) is 5.11 Å². The number of aliphatic hydroxyl groups excluding tert-OH is 1. The third-order valence-electron chi connectivity index (χ3n) is 3.19. The summed E-state index contributed by atoms with van der Waals surface area (Å²) in [5.41, 5.74) is 1.32. The number of hydrogen-bond donors (Lipinski definition) is 2. The van der Waals surface area contributed by atoms with Crippen molar-refractivity contribution in [3.63, 3.8) is 0 Å². The van der Waals surface area contributed by atoms with E-state index < -0.39 is 6.10 Å². The molecule has 0 fully saturated rings. The van der Waals surface area contributed by atoms with Crippen molar-refractivity contribution in [2.45, 2.75) is 45.8 Å². The van der Waals surface area contributed by atoms with E-state index in [4.69, 9.17) is 4.74 Å². The molecule has 2 unspecified atom stereocenters. The van der Waals surface area contributed by atoms with Crippen molar-refractivity contribution in [2.75, 3.05) is 19.7 Å². The Balaban J connectivity index is 2.04. The molecule has 2 N–H and O–H groups in total. The quantitative estimate of drug-likeness (QED) is 0.647. The zero-order valence-corrected chi connectivity index (χ0v) is 13.0. The highest BCUT2D eigenvalue weighted by Crippen LogP contribution is 2.07. The summed E-state index contributed by atoms with van der Waals surface area (Å²) >= 11 is 0. The first-order valence-corrected chi connectivity index (χ1v) is 7.62. The van der Waals surface area contributed by atoms with Gasteiger partial charge in [0.05, 0.1) is 18.8 Å². The van der Waals surface area contributed by atoms with Crippen molar-refractivity contribution >= 4 is 0 Å². The molecule has 3 heteroatoms. The molecule has 0 saturated heterocycles. The Hall–Kier alpha value is -0.900. The summed E-state index contributed by atoms with van der Waals surface area (Å²) in [6.45, 7) is 8.30. The minimum Gasteiger partial charge on any atom is -0.389 e. The number of hydrogen-bond acceptors (Lipinski definition) is 3. The largest absolute Gasteiger partial charge is 0.389 e. The second-order valence-electron chi connectivity index (χ2n) is 5.87. The van der Waals surface area contributed by atoms with Gasteiger partial charge in [0.2, 0.25) is 0 Å². The fourth-order valence-corrected chi connectivity index (χ4v) is 2.21. The van der Waals surface area contributed by atoms with Crippen molar-refractivity contribution in [3.8, 4) is 0 Å². The summed E-state index contributed by atoms with van der Waals surface area (Å²) in [4.78, 5) is 0. The molecule has 0 aliphatic carbocycles. The number of aliphatic hydroxyl groups is 1. The van der Waals surface area contributed by atoms with Crippen LogP contribution in [0, 0.1) is 5.92 Å². The van der Waals surface area contributed by atoms with Crippen LogP contribution in [-0.2, 0) is 11.2 Å². The molecule has 0 saturated carbocycles. The smallest absolute Gasteiger partial charge is 0.0897 e. The second kappa shape index (κ2) is 9.92. The lowest BCUT2D eigenvalue weighted by molar-refractivity contribution is -0.00839. The van der Waals surface area contributed by atoms with Gasteiger partial charge in [0, 0.05) is 6.54 Å². The minimum atomic E-state index is -0.430. The van der Waals surface area contributed by atoms with Crippen LogP contribution in [0.3, 0.4) is 0 Å². The third kappa shape index (κ3) is 8.31. The van der Waals surface area contributed by atoms with Crippen molar-refractivity contribution in [1.82, 2.24) is 5.32 Å². The molecular weight excluding hydrogens is 250 g/mol. The van der Waals surface area contributed by atoms with Gasteiger partial charge in [-0.25, -0.2) is 0 Å². The molecule has 2 atom stereocenters. The van der Waals surface area contributed by atoms with E-state index in [0.717, 1.165) is 19.4 Å². The summed E-state index contributed by atoms with van der Waals surface area (Å²) in [6, 6.07) is 10.4. The van der Waals surface area contributed by atoms with Crippen LogP contribution in [0.4, 0.5) is 0 Å². The lowest BCUT2D eigenvalue weighted by Gasteiger charge is -2.18. The van der Waals surface area contributed by atoms with E-state index in [2.05, 4.69) is 38.2 Å². The van der Waals surface area contributed by atoms with E-state index in [-0.39, 0.29) is 6.10 Å². The highest BCUT2D eigenvalue weighted by atomic mass is 16.5. The first-order chi connectivity index (χ1) is 9.58.